The Morgan fingerprint density at radius 1 is 1.16 bits per heavy atom. The summed E-state index contributed by atoms with van der Waals surface area (Å²) in [4.78, 5) is 30.2. The van der Waals surface area contributed by atoms with E-state index < -0.39 is 21.7 Å². The fourth-order valence-electron chi connectivity index (χ4n) is 3.58. The molecule has 0 saturated carbocycles. The summed E-state index contributed by atoms with van der Waals surface area (Å²) in [6.45, 7) is 5.59. The second-order valence-electron chi connectivity index (χ2n) is 8.48. The molecule has 0 atom stereocenters. The Hall–Kier alpha value is -3.77. The monoisotopic (exact) mass is 540 g/mol. The van der Waals surface area contributed by atoms with E-state index in [4.69, 9.17) is 14.9 Å². The van der Waals surface area contributed by atoms with Crippen LogP contribution in [-0.4, -0.2) is 53.7 Å². The van der Waals surface area contributed by atoms with Gasteiger partial charge in [-0.05, 0) is 48.7 Å². The third kappa shape index (κ3) is 5.65. The van der Waals surface area contributed by atoms with Gasteiger partial charge in [-0.1, -0.05) is 38.1 Å². The van der Waals surface area contributed by atoms with Gasteiger partial charge >= 0.3 is 5.97 Å². The van der Waals surface area contributed by atoms with Crippen molar-refractivity contribution in [3.63, 3.8) is 0 Å². The first-order valence-electron chi connectivity index (χ1n) is 11.4. The van der Waals surface area contributed by atoms with Crippen molar-refractivity contribution < 1.29 is 27.5 Å². The van der Waals surface area contributed by atoms with E-state index in [9.17, 15) is 18.0 Å². The number of nitrogens with one attached hydrogen (secondary N) is 1. The number of carbonyl (C=O) groups excluding carboxylic acids is 2. The average Bonchev–Trinajstić information content (AvgIpc) is 3.28. The highest BCUT2D eigenvalue weighted by Gasteiger charge is 2.42. The molecular weight excluding hydrogens is 516 g/mol. The second-order valence-corrected chi connectivity index (χ2v) is 11.1. The summed E-state index contributed by atoms with van der Waals surface area (Å²) in [5.41, 5.74) is 0.722. The average molecular weight is 541 g/mol. The van der Waals surface area contributed by atoms with Gasteiger partial charge in [0.2, 0.25) is 20.2 Å². The molecule has 2 aliphatic heterocycles. The minimum absolute atomic E-state index is 0.0210. The van der Waals surface area contributed by atoms with E-state index in [2.05, 4.69) is 9.39 Å². The molecule has 4 rings (SSSR count). The maximum Gasteiger partial charge on any atom is 0.343 e. The number of fused-ring (bicyclic) bond motifs is 1. The van der Waals surface area contributed by atoms with Crippen molar-refractivity contribution in [2.75, 3.05) is 12.4 Å². The Bertz CT molecular complexity index is 1460. The Kier molecular flexibility index (Phi) is 7.60. The predicted octanol–water partition coefficient (Wildman–Crippen LogP) is 3.95. The van der Waals surface area contributed by atoms with Gasteiger partial charge < -0.3 is 9.47 Å². The van der Waals surface area contributed by atoms with Gasteiger partial charge in [-0.2, -0.15) is 9.39 Å². The van der Waals surface area contributed by atoms with Gasteiger partial charge in [-0.25, -0.2) is 18.1 Å². The molecule has 0 bridgehead atoms. The van der Waals surface area contributed by atoms with Gasteiger partial charge in [0.05, 0.1) is 35.4 Å². The molecule has 0 radical (unpaired) electrons. The maximum atomic E-state index is 12.8. The number of aliphatic imine (C=N–C) groups is 1. The number of esters is 1. The largest absolute Gasteiger partial charge is 0.490 e. The fourth-order valence-corrected chi connectivity index (χ4v) is 6.31. The normalized spacial score (nSPS) is 16.5. The zero-order chi connectivity index (χ0) is 26.7. The smallest absolute Gasteiger partial charge is 0.343 e. The van der Waals surface area contributed by atoms with E-state index >= 15 is 0 Å². The highest BCUT2D eigenvalue weighted by Crippen LogP contribution is 2.33. The van der Waals surface area contributed by atoms with E-state index in [1.807, 2.05) is 0 Å². The number of sulfone groups is 1. The lowest BCUT2D eigenvalue weighted by atomic mass is 10.1. The van der Waals surface area contributed by atoms with Crippen LogP contribution in [0.5, 0.6) is 11.5 Å². The quantitative estimate of drug-likeness (QED) is 0.241. The van der Waals surface area contributed by atoms with Crippen molar-refractivity contribution in [3.8, 4) is 11.5 Å². The highest BCUT2D eigenvalue weighted by atomic mass is 32.2. The summed E-state index contributed by atoms with van der Waals surface area (Å²) in [7, 11) is -3.80. The van der Waals surface area contributed by atoms with Gasteiger partial charge in [0, 0.05) is 0 Å². The van der Waals surface area contributed by atoms with Crippen molar-refractivity contribution in [2.24, 2.45) is 15.3 Å². The number of amides is 1. The SMILES string of the molecule is CCOc1cc(/C=C2/C(=N)N3C(=NC2=O)SN=C3S(=O)(=O)CC(C)C)ccc1OC(=O)c1ccccc1. The highest BCUT2D eigenvalue weighted by molar-refractivity contribution is 8.16. The van der Waals surface area contributed by atoms with Crippen LogP contribution in [0, 0.1) is 11.3 Å². The minimum atomic E-state index is -3.80. The molecule has 10 nitrogen and oxygen atoms in total. The summed E-state index contributed by atoms with van der Waals surface area (Å²) < 4.78 is 40.8. The van der Waals surface area contributed by atoms with Crippen LogP contribution in [0.15, 0.2) is 63.5 Å². The van der Waals surface area contributed by atoms with Crippen molar-refractivity contribution >= 4 is 55.9 Å². The number of rotatable bonds is 7. The molecule has 2 aromatic rings. The maximum absolute atomic E-state index is 12.8. The van der Waals surface area contributed by atoms with E-state index in [-0.39, 0.29) is 51.5 Å². The van der Waals surface area contributed by atoms with E-state index in [0.29, 0.717) is 11.1 Å². The molecule has 2 heterocycles. The molecule has 0 aliphatic carbocycles. The number of hydrogen-bond acceptors (Lipinski definition) is 9. The van der Waals surface area contributed by atoms with Crippen molar-refractivity contribution in [3.05, 3.63) is 65.2 Å². The number of hydrogen-bond donors (Lipinski definition) is 1. The first-order chi connectivity index (χ1) is 17.6. The number of amidine groups is 3. The molecule has 0 spiro atoms. The zero-order valence-electron chi connectivity index (χ0n) is 20.3. The standard InChI is InChI=1S/C25H24N4O6S2/c1-4-34-20-13-16(10-11-19(20)35-23(31)17-8-6-5-7-9-17)12-18-21(26)29-24(27-22(18)30)36-28-25(29)37(32,33)14-15(2)3/h5-13,15,26H,4,14H2,1-3H3/b18-12-,26-21?. The number of nitrogens with zero attached hydrogens (tertiary/aromatic N) is 3. The van der Waals surface area contributed by atoms with Crippen molar-refractivity contribution in [1.29, 1.82) is 5.41 Å². The predicted molar refractivity (Wildman–Crippen MR) is 143 cm³/mol. The van der Waals surface area contributed by atoms with Crippen LogP contribution in [0.2, 0.25) is 0 Å². The Balaban J connectivity index is 1.64. The summed E-state index contributed by atoms with van der Waals surface area (Å²) >= 11 is 0.746. The topological polar surface area (TPSA) is 139 Å². The first-order valence-corrected chi connectivity index (χ1v) is 13.8. The number of carbonyl (C=O) groups is 2. The summed E-state index contributed by atoms with van der Waals surface area (Å²) in [5.74, 6) is -1.45. The molecular formula is C25H24N4O6S2. The van der Waals surface area contributed by atoms with Crippen LogP contribution >= 0.6 is 11.9 Å². The Morgan fingerprint density at radius 3 is 2.57 bits per heavy atom. The van der Waals surface area contributed by atoms with Crippen LogP contribution in [0.4, 0.5) is 0 Å². The first kappa shape index (κ1) is 26.3. The van der Waals surface area contributed by atoms with Gasteiger partial charge in [-0.15, -0.1) is 0 Å². The van der Waals surface area contributed by atoms with E-state index in [1.165, 1.54) is 12.1 Å². The zero-order valence-corrected chi connectivity index (χ0v) is 21.9. The van der Waals surface area contributed by atoms with Gasteiger partial charge in [0.1, 0.15) is 5.84 Å². The Morgan fingerprint density at radius 2 is 1.89 bits per heavy atom. The van der Waals surface area contributed by atoms with Crippen LogP contribution in [-0.2, 0) is 14.6 Å². The summed E-state index contributed by atoms with van der Waals surface area (Å²) in [5, 5.41) is 8.32. The molecule has 0 saturated heterocycles. The summed E-state index contributed by atoms with van der Waals surface area (Å²) in [6, 6.07) is 13.2. The van der Waals surface area contributed by atoms with Crippen LogP contribution in [0.25, 0.3) is 6.08 Å². The third-order valence-electron chi connectivity index (χ3n) is 5.12. The van der Waals surface area contributed by atoms with Gasteiger partial charge in [0.15, 0.2) is 11.5 Å². The summed E-state index contributed by atoms with van der Waals surface area (Å²) in [6.07, 6.45) is 1.41. The van der Waals surface area contributed by atoms with Gasteiger partial charge in [0.25, 0.3) is 5.91 Å². The Labute approximate surface area is 218 Å². The molecule has 0 aromatic heterocycles. The molecule has 192 valence electrons. The molecule has 12 heteroatoms. The lowest BCUT2D eigenvalue weighted by molar-refractivity contribution is -0.114. The van der Waals surface area contributed by atoms with Crippen molar-refractivity contribution in [1.82, 2.24) is 4.90 Å². The second kappa shape index (κ2) is 10.7. The molecule has 2 aromatic carbocycles. The van der Waals surface area contributed by atoms with E-state index in [1.54, 1.807) is 63.2 Å². The molecule has 1 amide bonds. The molecule has 2 aliphatic rings. The third-order valence-corrected chi connectivity index (χ3v) is 7.87. The van der Waals surface area contributed by atoms with E-state index in [0.717, 1.165) is 16.8 Å². The fraction of sp³-hybridized carbons (Fsp3) is 0.240. The molecule has 37 heavy (non-hydrogen) atoms. The van der Waals surface area contributed by atoms with Gasteiger partial charge in [-0.3, -0.25) is 10.2 Å². The lowest BCUT2D eigenvalue weighted by Crippen LogP contribution is -2.46. The minimum Gasteiger partial charge on any atom is -0.490 e. The molecule has 0 fully saturated rings. The molecule has 1 N–H and O–H groups in total. The molecule has 0 unspecified atom stereocenters. The van der Waals surface area contributed by atoms with Crippen molar-refractivity contribution in [2.45, 2.75) is 20.8 Å². The lowest BCUT2D eigenvalue weighted by Gasteiger charge is -2.24. The van der Waals surface area contributed by atoms with Crippen LogP contribution < -0.4 is 9.47 Å². The van der Waals surface area contributed by atoms with Crippen LogP contribution in [0.3, 0.4) is 0 Å². The van der Waals surface area contributed by atoms with Crippen LogP contribution in [0.1, 0.15) is 36.7 Å². The number of benzene rings is 2. The number of ether oxygens (including phenoxy) is 2.